The molecule has 0 unspecified atom stereocenters. The second kappa shape index (κ2) is 18.6. The van der Waals surface area contributed by atoms with Crippen molar-refractivity contribution in [3.8, 4) is 55.9 Å². The molecule has 0 aliphatic carbocycles. The van der Waals surface area contributed by atoms with Gasteiger partial charge in [0.15, 0.2) is 0 Å². The lowest BCUT2D eigenvalue weighted by Gasteiger charge is -2.22. The lowest BCUT2D eigenvalue weighted by molar-refractivity contribution is 0.590. The third-order valence-corrected chi connectivity index (χ3v) is 17.1. The Hall–Kier alpha value is -8.46. The summed E-state index contributed by atoms with van der Waals surface area (Å²) >= 11 is 0. The molecule has 13 rings (SSSR count). The summed E-state index contributed by atoms with van der Waals surface area (Å²) in [7, 11) is 0. The molecule has 2 nitrogen and oxygen atoms in total. The largest absolute Gasteiger partial charge is 0.309 e. The molecule has 0 fully saturated rings. The summed E-state index contributed by atoms with van der Waals surface area (Å²) in [6, 6.07) is 83.4. The zero-order chi connectivity index (χ0) is 55.6. The van der Waals surface area contributed by atoms with Gasteiger partial charge in [0.25, 0.3) is 0 Å². The molecule has 0 aliphatic heterocycles. The summed E-state index contributed by atoms with van der Waals surface area (Å²) in [5, 5.41) is 9.98. The first-order chi connectivity index (χ1) is 38.2. The van der Waals surface area contributed by atoms with E-state index in [0.29, 0.717) is 0 Å². The summed E-state index contributed by atoms with van der Waals surface area (Å²) < 4.78 is 5.04. The van der Waals surface area contributed by atoms with Crippen molar-refractivity contribution in [1.82, 2.24) is 9.13 Å². The first kappa shape index (κ1) is 51.0. The van der Waals surface area contributed by atoms with E-state index in [1.54, 1.807) is 0 Å². The van der Waals surface area contributed by atoms with Crippen LogP contribution in [0.2, 0.25) is 0 Å². The molecule has 0 bridgehead atoms. The molecule has 0 saturated heterocycles. The minimum Gasteiger partial charge on any atom is -0.309 e. The van der Waals surface area contributed by atoms with Gasteiger partial charge < -0.3 is 9.13 Å². The van der Waals surface area contributed by atoms with E-state index in [9.17, 15) is 0 Å². The van der Waals surface area contributed by atoms with Gasteiger partial charge in [0.1, 0.15) is 0 Å². The highest BCUT2D eigenvalue weighted by Gasteiger charge is 2.26. The maximum Gasteiger partial charge on any atom is 0.0541 e. The number of benzene rings is 11. The molecule has 2 heterocycles. The van der Waals surface area contributed by atoms with Crippen LogP contribution in [0.5, 0.6) is 0 Å². The van der Waals surface area contributed by atoms with Crippen LogP contribution in [0.1, 0.15) is 105 Å². The number of aromatic nitrogens is 2. The van der Waals surface area contributed by atoms with Crippen LogP contribution in [0.4, 0.5) is 0 Å². The second-order valence-electron chi connectivity index (χ2n) is 26.7. The summed E-state index contributed by atoms with van der Waals surface area (Å²) in [5.74, 6) is 0. The van der Waals surface area contributed by atoms with E-state index in [1.807, 2.05) is 0 Å². The van der Waals surface area contributed by atoms with Gasteiger partial charge in [-0.3, -0.25) is 0 Å². The number of hydrogen-bond donors (Lipinski definition) is 0. The zero-order valence-electron chi connectivity index (χ0n) is 48.7. The Balaban J connectivity index is 1.16. The molecule has 13 aromatic rings. The standard InChI is InChI=1S/C78H72N2/c1-75(2,3)55-29-37-69-63(43-55)64-44-56(76(4,5)6)30-38-70(64)79(69)59-33-35-61-67(47-59)73(53-27-19-25-51(41-53)49-21-15-13-16-22-49)62-36-34-60(48-68(62)74(61)54-28-20-26-52(42-54)50-23-17-14-18-24-50)80-71-39-31-57(77(7,8)9)45-65(71)66-46-58(78(10,11)12)32-40-72(66)80/h13-48H,1-12H3. The Labute approximate surface area is 473 Å². The molecule has 80 heavy (non-hydrogen) atoms. The van der Waals surface area contributed by atoms with Crippen LogP contribution >= 0.6 is 0 Å². The molecule has 2 aromatic heterocycles. The van der Waals surface area contributed by atoms with Crippen LogP contribution in [0.3, 0.4) is 0 Å². The van der Waals surface area contributed by atoms with E-state index in [1.165, 1.54) is 132 Å². The van der Waals surface area contributed by atoms with E-state index in [0.717, 1.165) is 11.4 Å². The summed E-state index contributed by atoms with van der Waals surface area (Å²) in [5.41, 5.74) is 22.1. The molecule has 0 aliphatic rings. The van der Waals surface area contributed by atoms with Crippen molar-refractivity contribution in [1.29, 1.82) is 0 Å². The van der Waals surface area contributed by atoms with Gasteiger partial charge in [-0.15, -0.1) is 0 Å². The first-order valence-corrected chi connectivity index (χ1v) is 28.7. The van der Waals surface area contributed by atoms with Crippen LogP contribution < -0.4 is 0 Å². The predicted octanol–water partition coefficient (Wildman–Crippen LogP) is 22.0. The fourth-order valence-electron chi connectivity index (χ4n) is 12.5. The summed E-state index contributed by atoms with van der Waals surface area (Å²) in [6.07, 6.45) is 0. The highest BCUT2D eigenvalue weighted by molar-refractivity contribution is 6.23. The van der Waals surface area contributed by atoms with Crippen molar-refractivity contribution in [2.45, 2.75) is 105 Å². The molecule has 0 atom stereocenters. The van der Waals surface area contributed by atoms with E-state index >= 15 is 0 Å². The minimum absolute atomic E-state index is 0.00134. The van der Waals surface area contributed by atoms with Crippen LogP contribution in [-0.2, 0) is 21.7 Å². The van der Waals surface area contributed by atoms with E-state index in [-0.39, 0.29) is 21.7 Å². The average Bonchev–Trinajstić information content (AvgIpc) is 4.07. The number of nitrogens with zero attached hydrogens (tertiary/aromatic N) is 2. The van der Waals surface area contributed by atoms with Gasteiger partial charge in [-0.2, -0.15) is 0 Å². The van der Waals surface area contributed by atoms with E-state index < -0.39 is 0 Å². The van der Waals surface area contributed by atoms with Crippen molar-refractivity contribution < 1.29 is 0 Å². The normalized spacial score (nSPS) is 12.8. The molecule has 0 amide bonds. The summed E-state index contributed by atoms with van der Waals surface area (Å²) in [6.45, 7) is 27.8. The van der Waals surface area contributed by atoms with Crippen LogP contribution in [0.15, 0.2) is 218 Å². The Kier molecular flexibility index (Phi) is 11.8. The Morgan fingerprint density at radius 3 is 0.800 bits per heavy atom. The molecule has 11 aromatic carbocycles. The molecule has 0 saturated carbocycles. The quantitative estimate of drug-likeness (QED) is 0.147. The number of rotatable bonds is 6. The Bertz CT molecular complexity index is 4150. The minimum atomic E-state index is -0.00134. The van der Waals surface area contributed by atoms with Crippen molar-refractivity contribution in [3.05, 3.63) is 241 Å². The SMILES string of the molecule is CC(C)(C)c1ccc2c(c1)c1cc(C(C)(C)C)ccc1n2-c1ccc2c(-c3cccc(-c4ccccc4)c3)c3cc(-n4c5ccc(C(C)(C)C)cc5c5cc(C(C)(C)C)ccc54)ccc3c(-c3cccc(-c4ccccc4)c3)c2c1. The molecular weight excluding hydrogens is 965 g/mol. The highest BCUT2D eigenvalue weighted by Crippen LogP contribution is 2.48. The van der Waals surface area contributed by atoms with Crippen LogP contribution in [-0.4, -0.2) is 9.13 Å². The van der Waals surface area contributed by atoms with Gasteiger partial charge in [0.2, 0.25) is 0 Å². The zero-order valence-corrected chi connectivity index (χ0v) is 48.7. The molecular formula is C78H72N2. The highest BCUT2D eigenvalue weighted by atomic mass is 15.0. The van der Waals surface area contributed by atoms with Crippen molar-refractivity contribution >= 4 is 65.2 Å². The number of hydrogen-bond acceptors (Lipinski definition) is 0. The molecule has 0 radical (unpaired) electrons. The van der Waals surface area contributed by atoms with Gasteiger partial charge in [-0.25, -0.2) is 0 Å². The summed E-state index contributed by atoms with van der Waals surface area (Å²) in [4.78, 5) is 0. The van der Waals surface area contributed by atoms with Crippen LogP contribution in [0.25, 0.3) is 121 Å². The topological polar surface area (TPSA) is 9.86 Å². The van der Waals surface area contributed by atoms with Crippen LogP contribution in [0, 0.1) is 0 Å². The Morgan fingerprint density at radius 2 is 0.500 bits per heavy atom. The number of fused-ring (bicyclic) bond motifs is 8. The van der Waals surface area contributed by atoms with E-state index in [2.05, 4.69) is 311 Å². The molecule has 0 N–H and O–H groups in total. The molecule has 394 valence electrons. The third kappa shape index (κ3) is 8.72. The van der Waals surface area contributed by atoms with Gasteiger partial charge in [0.05, 0.1) is 22.1 Å². The lowest BCUT2D eigenvalue weighted by Crippen LogP contribution is -2.10. The van der Waals surface area contributed by atoms with Crippen molar-refractivity contribution in [2.24, 2.45) is 0 Å². The fourth-order valence-corrected chi connectivity index (χ4v) is 12.5. The predicted molar refractivity (Wildman–Crippen MR) is 347 cm³/mol. The third-order valence-electron chi connectivity index (χ3n) is 17.1. The lowest BCUT2D eigenvalue weighted by atomic mass is 9.84. The fraction of sp³-hybridized carbons (Fsp3) is 0.205. The Morgan fingerprint density at radius 1 is 0.212 bits per heavy atom. The van der Waals surface area contributed by atoms with Gasteiger partial charge >= 0.3 is 0 Å². The first-order valence-electron chi connectivity index (χ1n) is 28.7. The van der Waals surface area contributed by atoms with Gasteiger partial charge in [0, 0.05) is 32.9 Å². The van der Waals surface area contributed by atoms with Crippen molar-refractivity contribution in [2.75, 3.05) is 0 Å². The van der Waals surface area contributed by atoms with Gasteiger partial charge in [-0.05, 0) is 195 Å². The van der Waals surface area contributed by atoms with Gasteiger partial charge in [-0.1, -0.05) is 217 Å². The molecule has 0 spiro atoms. The van der Waals surface area contributed by atoms with Crippen molar-refractivity contribution in [3.63, 3.8) is 0 Å². The van der Waals surface area contributed by atoms with E-state index in [4.69, 9.17) is 0 Å². The molecule has 2 heteroatoms. The maximum atomic E-state index is 2.52. The monoisotopic (exact) mass is 1040 g/mol. The average molecular weight is 1040 g/mol. The smallest absolute Gasteiger partial charge is 0.0541 e. The maximum absolute atomic E-state index is 2.52. The second-order valence-corrected chi connectivity index (χ2v) is 26.7.